The van der Waals surface area contributed by atoms with Gasteiger partial charge in [0.2, 0.25) is 10.0 Å². The molecule has 25 heavy (non-hydrogen) atoms. The number of aryl methyl sites for hydroxylation is 1. The first kappa shape index (κ1) is 19.2. The van der Waals surface area contributed by atoms with Crippen LogP contribution in [0.15, 0.2) is 23.1 Å². The number of amides is 2. The minimum atomic E-state index is -3.62. The molecule has 0 saturated carbocycles. The molecule has 0 atom stereocenters. The SMILES string of the molecule is CCOC(=O)N1CCN(C(=O)c2cc(S(=O)(=O)NC)ccc2C)CC1. The van der Waals surface area contributed by atoms with Gasteiger partial charge in [0.05, 0.1) is 11.5 Å². The van der Waals surface area contributed by atoms with E-state index in [1.165, 1.54) is 19.2 Å². The predicted octanol–water partition coefficient (Wildman–Crippen LogP) is 0.817. The fourth-order valence-corrected chi connectivity index (χ4v) is 3.35. The van der Waals surface area contributed by atoms with Gasteiger partial charge in [0, 0.05) is 31.7 Å². The number of hydrogen-bond donors (Lipinski definition) is 1. The average Bonchev–Trinajstić information content (AvgIpc) is 2.61. The van der Waals surface area contributed by atoms with Crippen molar-refractivity contribution in [1.29, 1.82) is 0 Å². The molecule has 0 aromatic heterocycles. The van der Waals surface area contributed by atoms with E-state index in [4.69, 9.17) is 4.74 Å². The molecule has 0 radical (unpaired) electrons. The zero-order valence-electron chi connectivity index (χ0n) is 14.6. The molecule has 0 spiro atoms. The van der Waals surface area contributed by atoms with E-state index >= 15 is 0 Å². The van der Waals surface area contributed by atoms with Crippen LogP contribution in [-0.4, -0.2) is 70.1 Å². The molecular formula is C16H23N3O5S. The summed E-state index contributed by atoms with van der Waals surface area (Å²) >= 11 is 0. The minimum Gasteiger partial charge on any atom is -0.450 e. The highest BCUT2D eigenvalue weighted by Gasteiger charge is 2.27. The van der Waals surface area contributed by atoms with Crippen molar-refractivity contribution in [1.82, 2.24) is 14.5 Å². The first-order chi connectivity index (χ1) is 11.8. The molecule has 1 fully saturated rings. The molecule has 2 amide bonds. The number of rotatable bonds is 4. The lowest BCUT2D eigenvalue weighted by Crippen LogP contribution is -2.50. The topological polar surface area (TPSA) is 96.0 Å². The van der Waals surface area contributed by atoms with Crippen LogP contribution < -0.4 is 4.72 Å². The van der Waals surface area contributed by atoms with Gasteiger partial charge in [-0.2, -0.15) is 0 Å². The van der Waals surface area contributed by atoms with E-state index in [2.05, 4.69) is 4.72 Å². The molecule has 1 aliphatic heterocycles. The van der Waals surface area contributed by atoms with Crippen LogP contribution in [0.2, 0.25) is 0 Å². The quantitative estimate of drug-likeness (QED) is 0.848. The van der Waals surface area contributed by atoms with E-state index in [0.717, 1.165) is 0 Å². The van der Waals surface area contributed by atoms with Crippen molar-refractivity contribution in [2.24, 2.45) is 0 Å². The first-order valence-corrected chi connectivity index (χ1v) is 9.53. The van der Waals surface area contributed by atoms with Gasteiger partial charge in [0.15, 0.2) is 0 Å². The summed E-state index contributed by atoms with van der Waals surface area (Å²) in [6, 6.07) is 4.48. The van der Waals surface area contributed by atoms with Crippen molar-refractivity contribution in [3.63, 3.8) is 0 Å². The Kier molecular flexibility index (Phi) is 6.02. The Morgan fingerprint density at radius 2 is 1.76 bits per heavy atom. The molecule has 1 N–H and O–H groups in total. The Bertz CT molecular complexity index is 755. The zero-order chi connectivity index (χ0) is 18.6. The molecule has 1 saturated heterocycles. The van der Waals surface area contributed by atoms with Crippen molar-refractivity contribution >= 4 is 22.0 Å². The molecule has 1 aromatic carbocycles. The Labute approximate surface area is 147 Å². The van der Waals surface area contributed by atoms with Gasteiger partial charge < -0.3 is 14.5 Å². The van der Waals surface area contributed by atoms with Gasteiger partial charge in [-0.15, -0.1) is 0 Å². The zero-order valence-corrected chi connectivity index (χ0v) is 15.4. The molecule has 1 aromatic rings. The summed E-state index contributed by atoms with van der Waals surface area (Å²) in [7, 11) is -2.29. The summed E-state index contributed by atoms with van der Waals surface area (Å²) < 4.78 is 31.1. The molecule has 9 heteroatoms. The summed E-state index contributed by atoms with van der Waals surface area (Å²) in [5, 5.41) is 0. The third-order valence-electron chi connectivity index (χ3n) is 4.11. The van der Waals surface area contributed by atoms with E-state index in [-0.39, 0.29) is 16.9 Å². The molecule has 138 valence electrons. The first-order valence-electron chi connectivity index (χ1n) is 8.05. The van der Waals surface area contributed by atoms with E-state index in [1.807, 2.05) is 0 Å². The van der Waals surface area contributed by atoms with Crippen LogP contribution >= 0.6 is 0 Å². The van der Waals surface area contributed by atoms with Crippen molar-refractivity contribution in [2.45, 2.75) is 18.7 Å². The van der Waals surface area contributed by atoms with Gasteiger partial charge in [0.25, 0.3) is 5.91 Å². The van der Waals surface area contributed by atoms with Gasteiger partial charge in [0.1, 0.15) is 0 Å². The second kappa shape index (κ2) is 7.83. The van der Waals surface area contributed by atoms with Gasteiger partial charge in [-0.1, -0.05) is 6.07 Å². The van der Waals surface area contributed by atoms with Crippen molar-refractivity contribution < 1.29 is 22.7 Å². The number of carbonyl (C=O) groups excluding carboxylic acids is 2. The summed E-state index contributed by atoms with van der Waals surface area (Å²) in [5.74, 6) is -0.242. The standard InChI is InChI=1S/C16H23N3O5S/c1-4-24-16(21)19-9-7-18(8-10-19)15(20)14-11-13(6-5-12(14)2)25(22,23)17-3/h5-6,11,17H,4,7-10H2,1-3H3. The maximum absolute atomic E-state index is 12.8. The van der Waals surface area contributed by atoms with Crippen LogP contribution in [0.25, 0.3) is 0 Å². The van der Waals surface area contributed by atoms with Crippen LogP contribution in [0.1, 0.15) is 22.8 Å². The Morgan fingerprint density at radius 1 is 1.16 bits per heavy atom. The molecule has 1 heterocycles. The smallest absolute Gasteiger partial charge is 0.409 e. The third kappa shape index (κ3) is 4.29. The van der Waals surface area contributed by atoms with Crippen molar-refractivity contribution in [3.8, 4) is 0 Å². The number of nitrogens with zero attached hydrogens (tertiary/aromatic N) is 2. The number of carbonyl (C=O) groups is 2. The van der Waals surface area contributed by atoms with Crippen LogP contribution in [0.3, 0.4) is 0 Å². The van der Waals surface area contributed by atoms with E-state index < -0.39 is 10.0 Å². The van der Waals surface area contributed by atoms with Gasteiger partial charge in [-0.3, -0.25) is 4.79 Å². The van der Waals surface area contributed by atoms with E-state index in [9.17, 15) is 18.0 Å². The lowest BCUT2D eigenvalue weighted by molar-refractivity contribution is 0.0569. The number of piperazine rings is 1. The largest absolute Gasteiger partial charge is 0.450 e. The van der Waals surface area contributed by atoms with Gasteiger partial charge in [-0.25, -0.2) is 17.9 Å². The summed E-state index contributed by atoms with van der Waals surface area (Å²) in [6.45, 7) is 5.34. The summed E-state index contributed by atoms with van der Waals surface area (Å²) in [4.78, 5) is 27.7. The number of nitrogens with one attached hydrogen (secondary N) is 1. The van der Waals surface area contributed by atoms with E-state index in [1.54, 1.807) is 29.7 Å². The number of ether oxygens (including phenoxy) is 1. The fourth-order valence-electron chi connectivity index (χ4n) is 2.59. The number of sulfonamides is 1. The van der Waals surface area contributed by atoms with E-state index in [0.29, 0.717) is 43.9 Å². The molecule has 1 aliphatic rings. The van der Waals surface area contributed by atoms with Gasteiger partial charge in [-0.05, 0) is 38.6 Å². The number of hydrogen-bond acceptors (Lipinski definition) is 5. The Morgan fingerprint density at radius 3 is 2.32 bits per heavy atom. The molecule has 2 rings (SSSR count). The summed E-state index contributed by atoms with van der Waals surface area (Å²) in [5.41, 5.74) is 1.05. The van der Waals surface area contributed by atoms with Crippen LogP contribution in [0, 0.1) is 6.92 Å². The van der Waals surface area contributed by atoms with Crippen molar-refractivity contribution in [2.75, 3.05) is 39.8 Å². The van der Waals surface area contributed by atoms with Crippen LogP contribution in [0.5, 0.6) is 0 Å². The molecule has 0 bridgehead atoms. The maximum atomic E-state index is 12.8. The van der Waals surface area contributed by atoms with Crippen molar-refractivity contribution in [3.05, 3.63) is 29.3 Å². The molecule has 0 aliphatic carbocycles. The fraction of sp³-hybridized carbons (Fsp3) is 0.500. The molecular weight excluding hydrogens is 346 g/mol. The Hall–Kier alpha value is -2.13. The average molecular weight is 369 g/mol. The molecule has 0 unspecified atom stereocenters. The lowest BCUT2D eigenvalue weighted by Gasteiger charge is -2.34. The minimum absolute atomic E-state index is 0.0501. The monoisotopic (exact) mass is 369 g/mol. The normalized spacial score (nSPS) is 15.2. The Balaban J connectivity index is 2.14. The van der Waals surface area contributed by atoms with Gasteiger partial charge >= 0.3 is 6.09 Å². The summed E-state index contributed by atoms with van der Waals surface area (Å²) in [6.07, 6.45) is -0.382. The highest BCUT2D eigenvalue weighted by Crippen LogP contribution is 2.18. The number of benzene rings is 1. The van der Waals surface area contributed by atoms with Crippen LogP contribution in [0.4, 0.5) is 4.79 Å². The molecule has 8 nitrogen and oxygen atoms in total. The second-order valence-electron chi connectivity index (χ2n) is 5.66. The second-order valence-corrected chi connectivity index (χ2v) is 7.55. The predicted molar refractivity (Wildman–Crippen MR) is 91.9 cm³/mol. The maximum Gasteiger partial charge on any atom is 0.409 e. The third-order valence-corrected chi connectivity index (χ3v) is 5.52. The highest BCUT2D eigenvalue weighted by atomic mass is 32.2. The highest BCUT2D eigenvalue weighted by molar-refractivity contribution is 7.89. The van der Waals surface area contributed by atoms with Crippen LogP contribution in [-0.2, 0) is 14.8 Å². The lowest BCUT2D eigenvalue weighted by atomic mass is 10.1.